The number of rotatable bonds is 3. The highest BCUT2D eigenvalue weighted by Crippen LogP contribution is 2.32. The third-order valence-electron chi connectivity index (χ3n) is 3.44. The summed E-state index contributed by atoms with van der Waals surface area (Å²) in [6.07, 6.45) is 1.03. The van der Waals surface area contributed by atoms with Crippen molar-refractivity contribution in [2.75, 3.05) is 0 Å². The molecular formula is C17H17NO. The summed E-state index contributed by atoms with van der Waals surface area (Å²) in [6.45, 7) is 2.15. The molecule has 3 rings (SSSR count). The van der Waals surface area contributed by atoms with Gasteiger partial charge in [0.05, 0.1) is 6.04 Å². The van der Waals surface area contributed by atoms with Crippen molar-refractivity contribution in [1.82, 2.24) is 0 Å². The van der Waals surface area contributed by atoms with E-state index in [-0.39, 0.29) is 12.1 Å². The summed E-state index contributed by atoms with van der Waals surface area (Å²) in [5, 5.41) is 0. The summed E-state index contributed by atoms with van der Waals surface area (Å²) < 4.78 is 6.09. The Kier molecular flexibility index (Phi) is 3.32. The Morgan fingerprint density at radius 3 is 2.21 bits per heavy atom. The fourth-order valence-corrected chi connectivity index (χ4v) is 2.41. The SMILES string of the molecule is CCC1N=C(c2ccccc2)OC1c1ccccc1. The van der Waals surface area contributed by atoms with Crippen LogP contribution in [-0.2, 0) is 4.74 Å². The van der Waals surface area contributed by atoms with Crippen LogP contribution >= 0.6 is 0 Å². The quantitative estimate of drug-likeness (QED) is 0.808. The maximum Gasteiger partial charge on any atom is 0.217 e. The Labute approximate surface area is 113 Å². The van der Waals surface area contributed by atoms with E-state index >= 15 is 0 Å². The molecule has 0 radical (unpaired) electrons. The summed E-state index contributed by atoms with van der Waals surface area (Å²) in [7, 11) is 0. The molecule has 2 unspecified atom stereocenters. The molecule has 2 aromatic carbocycles. The van der Waals surface area contributed by atoms with E-state index in [0.29, 0.717) is 0 Å². The first kappa shape index (κ1) is 12.0. The Bertz CT molecular complexity index is 562. The predicted octanol–water partition coefficient (Wildman–Crippen LogP) is 3.98. The lowest BCUT2D eigenvalue weighted by Gasteiger charge is -2.16. The molecule has 2 heteroatoms. The lowest BCUT2D eigenvalue weighted by atomic mass is 10.0. The van der Waals surface area contributed by atoms with Crippen LogP contribution in [0, 0.1) is 0 Å². The van der Waals surface area contributed by atoms with E-state index in [9.17, 15) is 0 Å². The minimum absolute atomic E-state index is 0.0430. The Morgan fingerprint density at radius 2 is 1.58 bits per heavy atom. The average molecular weight is 251 g/mol. The molecule has 2 nitrogen and oxygen atoms in total. The van der Waals surface area contributed by atoms with Crippen LogP contribution in [0.3, 0.4) is 0 Å². The molecule has 1 aliphatic heterocycles. The Hall–Kier alpha value is -2.09. The second-order valence-electron chi connectivity index (χ2n) is 4.73. The fourth-order valence-electron chi connectivity index (χ4n) is 2.41. The smallest absolute Gasteiger partial charge is 0.217 e. The van der Waals surface area contributed by atoms with Crippen LogP contribution in [0.25, 0.3) is 0 Å². The monoisotopic (exact) mass is 251 g/mol. The van der Waals surface area contributed by atoms with Gasteiger partial charge in [-0.2, -0.15) is 0 Å². The molecule has 1 heterocycles. The van der Waals surface area contributed by atoms with Gasteiger partial charge >= 0.3 is 0 Å². The highest BCUT2D eigenvalue weighted by molar-refractivity contribution is 5.95. The first-order chi connectivity index (χ1) is 9.38. The van der Waals surface area contributed by atoms with Crippen molar-refractivity contribution in [3.05, 3.63) is 71.8 Å². The van der Waals surface area contributed by atoms with Crippen molar-refractivity contribution in [3.8, 4) is 0 Å². The summed E-state index contributed by atoms with van der Waals surface area (Å²) in [6, 6.07) is 20.7. The van der Waals surface area contributed by atoms with E-state index in [4.69, 9.17) is 9.73 Å². The lowest BCUT2D eigenvalue weighted by Crippen LogP contribution is -2.13. The third kappa shape index (κ3) is 2.39. The van der Waals surface area contributed by atoms with Gasteiger partial charge in [-0.1, -0.05) is 55.5 Å². The molecule has 0 spiro atoms. The molecule has 0 aromatic heterocycles. The first-order valence-corrected chi connectivity index (χ1v) is 6.73. The highest BCUT2D eigenvalue weighted by Gasteiger charge is 2.31. The summed E-state index contributed by atoms with van der Waals surface area (Å²) in [5.74, 6) is 0.765. The lowest BCUT2D eigenvalue weighted by molar-refractivity contribution is 0.194. The molecule has 0 bridgehead atoms. The van der Waals surface area contributed by atoms with Crippen LogP contribution in [0.2, 0.25) is 0 Å². The second-order valence-corrected chi connectivity index (χ2v) is 4.73. The van der Waals surface area contributed by atoms with Crippen molar-refractivity contribution in [2.24, 2.45) is 4.99 Å². The van der Waals surface area contributed by atoms with E-state index < -0.39 is 0 Å². The number of hydrogen-bond donors (Lipinski definition) is 0. The van der Waals surface area contributed by atoms with Crippen LogP contribution in [0.4, 0.5) is 0 Å². The molecule has 0 N–H and O–H groups in total. The zero-order valence-corrected chi connectivity index (χ0v) is 11.0. The third-order valence-corrected chi connectivity index (χ3v) is 3.44. The normalized spacial score (nSPS) is 21.8. The van der Waals surface area contributed by atoms with E-state index in [2.05, 4.69) is 19.1 Å². The van der Waals surface area contributed by atoms with Crippen molar-refractivity contribution < 1.29 is 4.74 Å². The number of nitrogens with zero attached hydrogens (tertiary/aromatic N) is 1. The van der Waals surface area contributed by atoms with Gasteiger partial charge in [0.15, 0.2) is 0 Å². The van der Waals surface area contributed by atoms with E-state index in [1.54, 1.807) is 0 Å². The number of benzene rings is 2. The molecule has 0 saturated heterocycles. The van der Waals surface area contributed by atoms with Crippen LogP contribution in [0.1, 0.15) is 30.6 Å². The Balaban J connectivity index is 1.88. The van der Waals surface area contributed by atoms with Crippen molar-refractivity contribution in [3.63, 3.8) is 0 Å². The maximum absolute atomic E-state index is 6.09. The van der Waals surface area contributed by atoms with Gasteiger partial charge in [0.2, 0.25) is 5.90 Å². The standard InChI is InChI=1S/C17H17NO/c1-2-15-16(13-9-5-3-6-10-13)19-17(18-15)14-11-7-4-8-12-14/h3-12,15-16H,2H2,1H3. The van der Waals surface area contributed by atoms with Crippen LogP contribution in [0.5, 0.6) is 0 Å². The fraction of sp³-hybridized carbons (Fsp3) is 0.235. The first-order valence-electron chi connectivity index (χ1n) is 6.73. The molecule has 19 heavy (non-hydrogen) atoms. The average Bonchev–Trinajstić information content (AvgIpc) is 2.93. The summed E-state index contributed by atoms with van der Waals surface area (Å²) in [4.78, 5) is 4.73. The molecule has 1 aliphatic rings. The van der Waals surface area contributed by atoms with Gasteiger partial charge in [0.25, 0.3) is 0 Å². The minimum Gasteiger partial charge on any atom is -0.467 e. The number of aliphatic imine (C=N–C) groups is 1. The van der Waals surface area contributed by atoms with E-state index in [0.717, 1.165) is 17.9 Å². The molecule has 96 valence electrons. The molecule has 0 amide bonds. The largest absolute Gasteiger partial charge is 0.467 e. The highest BCUT2D eigenvalue weighted by atomic mass is 16.5. The summed E-state index contributed by atoms with van der Waals surface area (Å²) in [5.41, 5.74) is 2.25. The predicted molar refractivity (Wildman–Crippen MR) is 77.3 cm³/mol. The van der Waals surface area contributed by atoms with Crippen molar-refractivity contribution in [1.29, 1.82) is 0 Å². The van der Waals surface area contributed by atoms with Gasteiger partial charge in [-0.25, -0.2) is 4.99 Å². The summed E-state index contributed by atoms with van der Waals surface area (Å²) >= 11 is 0. The number of hydrogen-bond acceptors (Lipinski definition) is 2. The second kappa shape index (κ2) is 5.27. The van der Waals surface area contributed by atoms with Gasteiger partial charge in [-0.05, 0) is 24.1 Å². The van der Waals surface area contributed by atoms with Crippen molar-refractivity contribution >= 4 is 5.90 Å². The van der Waals surface area contributed by atoms with Crippen LogP contribution < -0.4 is 0 Å². The molecule has 2 atom stereocenters. The maximum atomic E-state index is 6.09. The zero-order chi connectivity index (χ0) is 13.1. The van der Waals surface area contributed by atoms with Gasteiger partial charge in [-0.3, -0.25) is 0 Å². The number of ether oxygens (including phenoxy) is 1. The molecular weight excluding hydrogens is 234 g/mol. The molecule has 0 saturated carbocycles. The minimum atomic E-state index is 0.0430. The molecule has 0 fully saturated rings. The van der Waals surface area contributed by atoms with Gasteiger partial charge in [0.1, 0.15) is 6.10 Å². The van der Waals surface area contributed by atoms with Crippen LogP contribution in [-0.4, -0.2) is 11.9 Å². The Morgan fingerprint density at radius 1 is 0.947 bits per heavy atom. The zero-order valence-electron chi connectivity index (χ0n) is 11.0. The van der Waals surface area contributed by atoms with E-state index in [1.807, 2.05) is 48.5 Å². The molecule has 2 aromatic rings. The molecule has 0 aliphatic carbocycles. The van der Waals surface area contributed by atoms with Gasteiger partial charge in [0, 0.05) is 5.56 Å². The van der Waals surface area contributed by atoms with Crippen molar-refractivity contribution in [2.45, 2.75) is 25.5 Å². The van der Waals surface area contributed by atoms with Gasteiger partial charge in [-0.15, -0.1) is 0 Å². The van der Waals surface area contributed by atoms with Gasteiger partial charge < -0.3 is 4.74 Å². The van der Waals surface area contributed by atoms with Crippen LogP contribution in [0.15, 0.2) is 65.7 Å². The van der Waals surface area contributed by atoms with E-state index in [1.165, 1.54) is 5.56 Å². The topological polar surface area (TPSA) is 21.6 Å².